The molecule has 1 fully saturated rings. The molecule has 0 radical (unpaired) electrons. The van der Waals surface area contributed by atoms with E-state index in [0.29, 0.717) is 22.6 Å². The Hall–Kier alpha value is -3.33. The SMILES string of the molecule is CCC(C)Oc1ccc(/C=C2/SC(=O)N(Cc3cccc([N+](=O)[O-])c3)C2=O)cc1OC. The number of carbonyl (C=O) groups is 2. The van der Waals surface area contributed by atoms with Crippen molar-refractivity contribution in [1.82, 2.24) is 4.90 Å². The van der Waals surface area contributed by atoms with Gasteiger partial charge in [-0.3, -0.25) is 24.6 Å². The molecule has 1 atom stereocenters. The fourth-order valence-corrected chi connectivity index (χ4v) is 3.75. The number of nitro benzene ring substituents is 1. The van der Waals surface area contributed by atoms with Crippen LogP contribution in [-0.4, -0.2) is 34.2 Å². The van der Waals surface area contributed by atoms with E-state index in [-0.39, 0.29) is 23.2 Å². The summed E-state index contributed by atoms with van der Waals surface area (Å²) in [6, 6.07) is 11.2. The second-order valence-electron chi connectivity index (χ2n) is 6.94. The standard InChI is InChI=1S/C22H22N2O6S/c1-4-14(2)30-18-9-8-15(11-19(18)29-3)12-20-21(25)23(22(26)31-20)13-16-6-5-7-17(10-16)24(27)28/h5-12,14H,4,13H2,1-3H3/b20-12+. The van der Waals surface area contributed by atoms with Crippen LogP contribution in [0.5, 0.6) is 11.5 Å². The van der Waals surface area contributed by atoms with E-state index in [9.17, 15) is 19.7 Å². The van der Waals surface area contributed by atoms with Crippen molar-refractivity contribution in [3.63, 3.8) is 0 Å². The molecule has 31 heavy (non-hydrogen) atoms. The summed E-state index contributed by atoms with van der Waals surface area (Å²) in [6.07, 6.45) is 2.50. The normalized spacial score (nSPS) is 16.0. The number of hydrogen-bond acceptors (Lipinski definition) is 7. The lowest BCUT2D eigenvalue weighted by atomic mass is 10.1. The largest absolute Gasteiger partial charge is 0.493 e. The minimum absolute atomic E-state index is 0.0325. The van der Waals surface area contributed by atoms with E-state index in [1.807, 2.05) is 13.8 Å². The number of ether oxygens (including phenoxy) is 2. The molecule has 0 aromatic heterocycles. The predicted octanol–water partition coefficient (Wildman–Crippen LogP) is 5.02. The van der Waals surface area contributed by atoms with Crippen molar-refractivity contribution in [3.8, 4) is 11.5 Å². The summed E-state index contributed by atoms with van der Waals surface area (Å²) in [5, 5.41) is 10.5. The summed E-state index contributed by atoms with van der Waals surface area (Å²) in [5.74, 6) is 0.693. The number of hydrogen-bond donors (Lipinski definition) is 0. The lowest BCUT2D eigenvalue weighted by Gasteiger charge is -2.15. The first-order valence-corrected chi connectivity index (χ1v) is 10.5. The van der Waals surface area contributed by atoms with Gasteiger partial charge in [0.25, 0.3) is 16.8 Å². The van der Waals surface area contributed by atoms with E-state index >= 15 is 0 Å². The molecule has 2 aromatic carbocycles. The zero-order chi connectivity index (χ0) is 22.5. The lowest BCUT2D eigenvalue weighted by Crippen LogP contribution is -2.27. The Kier molecular flexibility index (Phi) is 6.96. The summed E-state index contributed by atoms with van der Waals surface area (Å²) in [6.45, 7) is 3.95. The van der Waals surface area contributed by atoms with E-state index in [0.717, 1.165) is 23.1 Å². The van der Waals surface area contributed by atoms with Gasteiger partial charge in [0, 0.05) is 12.1 Å². The molecular weight excluding hydrogens is 420 g/mol. The number of amides is 2. The Morgan fingerprint density at radius 2 is 1.97 bits per heavy atom. The van der Waals surface area contributed by atoms with Crippen molar-refractivity contribution in [2.45, 2.75) is 32.9 Å². The van der Waals surface area contributed by atoms with E-state index < -0.39 is 16.1 Å². The van der Waals surface area contributed by atoms with Crippen LogP contribution < -0.4 is 9.47 Å². The third kappa shape index (κ3) is 5.24. The molecule has 162 valence electrons. The number of carbonyl (C=O) groups excluding carboxylic acids is 2. The predicted molar refractivity (Wildman–Crippen MR) is 118 cm³/mol. The van der Waals surface area contributed by atoms with Crippen LogP contribution in [0.3, 0.4) is 0 Å². The highest BCUT2D eigenvalue weighted by atomic mass is 32.2. The number of thioether (sulfide) groups is 1. The van der Waals surface area contributed by atoms with Crippen molar-refractivity contribution in [2.75, 3.05) is 7.11 Å². The Bertz CT molecular complexity index is 1050. The maximum Gasteiger partial charge on any atom is 0.293 e. The van der Waals surface area contributed by atoms with Gasteiger partial charge in [-0.15, -0.1) is 0 Å². The van der Waals surface area contributed by atoms with E-state index in [1.165, 1.54) is 25.3 Å². The molecular formula is C22H22N2O6S. The molecule has 2 aromatic rings. The molecule has 3 rings (SSSR count). The van der Waals surface area contributed by atoms with Gasteiger partial charge < -0.3 is 9.47 Å². The second kappa shape index (κ2) is 9.65. The van der Waals surface area contributed by atoms with Crippen molar-refractivity contribution >= 4 is 34.7 Å². The number of imide groups is 1. The van der Waals surface area contributed by atoms with E-state index in [1.54, 1.807) is 30.3 Å². The van der Waals surface area contributed by atoms with Gasteiger partial charge in [-0.05, 0) is 54.4 Å². The number of methoxy groups -OCH3 is 1. The van der Waals surface area contributed by atoms with Crippen LogP contribution in [0.15, 0.2) is 47.4 Å². The number of non-ortho nitro benzene ring substituents is 1. The molecule has 1 unspecified atom stereocenters. The molecule has 1 saturated heterocycles. The van der Waals surface area contributed by atoms with Gasteiger partial charge in [0.15, 0.2) is 11.5 Å². The molecule has 9 heteroatoms. The number of nitro groups is 1. The van der Waals surface area contributed by atoms with Gasteiger partial charge in [0.05, 0.1) is 29.6 Å². The van der Waals surface area contributed by atoms with E-state index in [2.05, 4.69) is 0 Å². The van der Waals surface area contributed by atoms with Crippen LogP contribution >= 0.6 is 11.8 Å². The van der Waals surface area contributed by atoms with Crippen LogP contribution in [0.1, 0.15) is 31.4 Å². The average Bonchev–Trinajstić information content (AvgIpc) is 3.02. The van der Waals surface area contributed by atoms with Gasteiger partial charge in [-0.2, -0.15) is 0 Å². The Labute approximate surface area is 184 Å². The Morgan fingerprint density at radius 1 is 1.19 bits per heavy atom. The highest BCUT2D eigenvalue weighted by Crippen LogP contribution is 2.35. The monoisotopic (exact) mass is 442 g/mol. The van der Waals surface area contributed by atoms with Crippen molar-refractivity contribution in [1.29, 1.82) is 0 Å². The second-order valence-corrected chi connectivity index (χ2v) is 7.94. The highest BCUT2D eigenvalue weighted by molar-refractivity contribution is 8.18. The lowest BCUT2D eigenvalue weighted by molar-refractivity contribution is -0.384. The summed E-state index contributed by atoms with van der Waals surface area (Å²) in [4.78, 5) is 36.9. The van der Waals surface area contributed by atoms with E-state index in [4.69, 9.17) is 9.47 Å². The molecule has 0 aliphatic carbocycles. The molecule has 1 heterocycles. The maximum atomic E-state index is 12.8. The average molecular weight is 442 g/mol. The first kappa shape index (κ1) is 22.4. The van der Waals surface area contributed by atoms with Crippen molar-refractivity contribution in [2.24, 2.45) is 0 Å². The number of nitrogens with zero attached hydrogens (tertiary/aromatic N) is 2. The summed E-state index contributed by atoms with van der Waals surface area (Å²) in [7, 11) is 1.54. The Morgan fingerprint density at radius 3 is 2.65 bits per heavy atom. The third-order valence-corrected chi connectivity index (χ3v) is 5.63. The summed E-state index contributed by atoms with van der Waals surface area (Å²) >= 11 is 0.831. The van der Waals surface area contributed by atoms with Crippen LogP contribution in [0.25, 0.3) is 6.08 Å². The molecule has 0 saturated carbocycles. The quantitative estimate of drug-likeness (QED) is 0.322. The molecule has 1 aliphatic heterocycles. The topological polar surface area (TPSA) is 99.0 Å². The molecule has 0 N–H and O–H groups in total. The smallest absolute Gasteiger partial charge is 0.293 e. The minimum Gasteiger partial charge on any atom is -0.493 e. The third-order valence-electron chi connectivity index (χ3n) is 4.72. The van der Waals surface area contributed by atoms with Crippen LogP contribution in [0.4, 0.5) is 10.5 Å². The van der Waals surface area contributed by atoms with Crippen molar-refractivity contribution < 1.29 is 24.0 Å². The molecule has 0 spiro atoms. The molecule has 1 aliphatic rings. The maximum absolute atomic E-state index is 12.8. The molecule has 0 bridgehead atoms. The van der Waals surface area contributed by atoms with Gasteiger partial charge in [-0.25, -0.2) is 0 Å². The van der Waals surface area contributed by atoms with Gasteiger partial charge in [-0.1, -0.05) is 25.1 Å². The minimum atomic E-state index is -0.515. The number of benzene rings is 2. The molecule has 2 amide bonds. The van der Waals surface area contributed by atoms with Gasteiger partial charge in [0.1, 0.15) is 0 Å². The van der Waals surface area contributed by atoms with Gasteiger partial charge >= 0.3 is 0 Å². The Balaban J connectivity index is 1.80. The fourth-order valence-electron chi connectivity index (χ4n) is 2.91. The first-order chi connectivity index (χ1) is 14.8. The van der Waals surface area contributed by atoms with Crippen LogP contribution in [-0.2, 0) is 11.3 Å². The summed E-state index contributed by atoms with van der Waals surface area (Å²) < 4.78 is 11.2. The summed E-state index contributed by atoms with van der Waals surface area (Å²) in [5.41, 5.74) is 1.10. The zero-order valence-electron chi connectivity index (χ0n) is 17.4. The van der Waals surface area contributed by atoms with Crippen LogP contribution in [0, 0.1) is 10.1 Å². The zero-order valence-corrected chi connectivity index (χ0v) is 18.2. The van der Waals surface area contributed by atoms with Gasteiger partial charge in [0.2, 0.25) is 0 Å². The number of rotatable bonds is 8. The molecule has 8 nitrogen and oxygen atoms in total. The van der Waals surface area contributed by atoms with Crippen LogP contribution in [0.2, 0.25) is 0 Å². The fraction of sp³-hybridized carbons (Fsp3) is 0.273. The first-order valence-electron chi connectivity index (χ1n) is 9.65. The van der Waals surface area contributed by atoms with Crippen molar-refractivity contribution in [3.05, 3.63) is 68.6 Å². The highest BCUT2D eigenvalue weighted by Gasteiger charge is 2.35.